The van der Waals surface area contributed by atoms with Gasteiger partial charge in [-0.1, -0.05) is 28.1 Å². The fraction of sp³-hybridized carbons (Fsp3) is 0.462. The normalized spacial score (nSPS) is 14.0. The van der Waals surface area contributed by atoms with Crippen molar-refractivity contribution in [1.82, 2.24) is 5.32 Å². The van der Waals surface area contributed by atoms with Crippen LogP contribution in [0.5, 0.6) is 0 Å². The van der Waals surface area contributed by atoms with E-state index >= 15 is 0 Å². The van der Waals surface area contributed by atoms with Crippen molar-refractivity contribution in [1.29, 1.82) is 0 Å². The van der Waals surface area contributed by atoms with Gasteiger partial charge in [0.05, 0.1) is 5.75 Å². The third-order valence-corrected chi connectivity index (χ3v) is 4.41. The summed E-state index contributed by atoms with van der Waals surface area (Å²) in [6, 6.07) is 8.07. The lowest BCUT2D eigenvalue weighted by atomic mass is 10.1. The molecule has 0 fully saturated rings. The van der Waals surface area contributed by atoms with Crippen molar-refractivity contribution in [2.45, 2.75) is 25.1 Å². The quantitative estimate of drug-likeness (QED) is 0.843. The summed E-state index contributed by atoms with van der Waals surface area (Å²) < 4.78 is 1.03. The lowest BCUT2D eigenvalue weighted by Gasteiger charge is -2.20. The van der Waals surface area contributed by atoms with Crippen molar-refractivity contribution in [3.05, 3.63) is 34.3 Å². The summed E-state index contributed by atoms with van der Waals surface area (Å²) >= 11 is 5.04. The zero-order valence-corrected chi connectivity index (χ0v) is 13.1. The van der Waals surface area contributed by atoms with Crippen LogP contribution in [0.15, 0.2) is 28.7 Å². The van der Waals surface area contributed by atoms with Gasteiger partial charge in [-0.25, -0.2) is 0 Å². The van der Waals surface area contributed by atoms with E-state index in [2.05, 4.69) is 27.3 Å². The van der Waals surface area contributed by atoms with Gasteiger partial charge in [0, 0.05) is 22.3 Å². The van der Waals surface area contributed by atoms with E-state index in [1.165, 1.54) is 0 Å². The molecule has 0 aliphatic heterocycles. The second kappa shape index (κ2) is 7.81. The number of amides is 1. The van der Waals surface area contributed by atoms with Crippen molar-refractivity contribution in [3.8, 4) is 0 Å². The van der Waals surface area contributed by atoms with Crippen LogP contribution in [0.1, 0.15) is 24.7 Å². The van der Waals surface area contributed by atoms with Gasteiger partial charge in [-0.3, -0.25) is 4.79 Å². The number of benzene rings is 1. The molecule has 3 N–H and O–H groups in total. The zero-order valence-electron chi connectivity index (χ0n) is 10.7. The number of halogens is 1. The standard InChI is InChI=1S/C13H19BrN2OS/c1-3-16-12(17)8-18-13(9(2)15)10-5-4-6-11(14)7-10/h4-7,9,13H,3,8,15H2,1-2H3,(H,16,17). The first-order valence-corrected chi connectivity index (χ1v) is 7.78. The summed E-state index contributed by atoms with van der Waals surface area (Å²) in [6.07, 6.45) is 0. The van der Waals surface area contributed by atoms with Crippen LogP contribution in [0.2, 0.25) is 0 Å². The Kier molecular flexibility index (Phi) is 6.75. The van der Waals surface area contributed by atoms with Crippen molar-refractivity contribution in [2.75, 3.05) is 12.3 Å². The third kappa shape index (κ3) is 5.00. The first-order valence-electron chi connectivity index (χ1n) is 5.94. The predicted octanol–water partition coefficient (Wildman–Crippen LogP) is 2.71. The molecule has 0 bridgehead atoms. The van der Waals surface area contributed by atoms with Crippen molar-refractivity contribution in [3.63, 3.8) is 0 Å². The Morgan fingerprint density at radius 2 is 2.28 bits per heavy atom. The van der Waals surface area contributed by atoms with Crippen LogP contribution in [0.4, 0.5) is 0 Å². The summed E-state index contributed by atoms with van der Waals surface area (Å²) in [7, 11) is 0. The van der Waals surface area contributed by atoms with E-state index in [9.17, 15) is 4.79 Å². The molecule has 0 aliphatic carbocycles. The molecule has 1 rings (SSSR count). The fourth-order valence-corrected chi connectivity index (χ4v) is 3.14. The molecule has 3 nitrogen and oxygen atoms in total. The van der Waals surface area contributed by atoms with E-state index in [1.54, 1.807) is 11.8 Å². The number of carbonyl (C=O) groups is 1. The zero-order chi connectivity index (χ0) is 13.5. The Hall–Kier alpha value is -0.520. The van der Waals surface area contributed by atoms with Gasteiger partial charge in [0.1, 0.15) is 0 Å². The molecule has 0 spiro atoms. The second-order valence-corrected chi connectivity index (χ2v) is 6.14. The van der Waals surface area contributed by atoms with Crippen LogP contribution in [0, 0.1) is 0 Å². The molecular weight excluding hydrogens is 312 g/mol. The summed E-state index contributed by atoms with van der Waals surface area (Å²) in [5, 5.41) is 2.92. The second-order valence-electron chi connectivity index (χ2n) is 4.10. The molecule has 0 aromatic heterocycles. The van der Waals surface area contributed by atoms with E-state index in [0.29, 0.717) is 12.3 Å². The largest absolute Gasteiger partial charge is 0.356 e. The lowest BCUT2D eigenvalue weighted by Crippen LogP contribution is -2.28. The summed E-state index contributed by atoms with van der Waals surface area (Å²) in [6.45, 7) is 4.55. The van der Waals surface area contributed by atoms with Crippen LogP contribution in [0.3, 0.4) is 0 Å². The SMILES string of the molecule is CCNC(=O)CSC(c1cccc(Br)c1)C(C)N. The highest BCUT2D eigenvalue weighted by molar-refractivity contribution is 9.10. The van der Waals surface area contributed by atoms with E-state index in [1.807, 2.05) is 32.0 Å². The molecule has 0 saturated carbocycles. The maximum atomic E-state index is 11.5. The summed E-state index contributed by atoms with van der Waals surface area (Å²) in [5.41, 5.74) is 7.16. The number of carbonyl (C=O) groups excluding carboxylic acids is 1. The highest BCUT2D eigenvalue weighted by Gasteiger charge is 2.18. The Labute approximate surface area is 121 Å². The van der Waals surface area contributed by atoms with Gasteiger partial charge in [-0.2, -0.15) is 0 Å². The van der Waals surface area contributed by atoms with E-state index in [0.717, 1.165) is 10.0 Å². The predicted molar refractivity (Wildman–Crippen MR) is 81.7 cm³/mol. The van der Waals surface area contributed by atoms with Gasteiger partial charge >= 0.3 is 0 Å². The van der Waals surface area contributed by atoms with Gasteiger partial charge in [0.25, 0.3) is 0 Å². The first kappa shape index (κ1) is 15.5. The van der Waals surface area contributed by atoms with Gasteiger partial charge in [0.15, 0.2) is 0 Å². The van der Waals surface area contributed by atoms with E-state index in [4.69, 9.17) is 5.73 Å². The van der Waals surface area contributed by atoms with Crippen molar-refractivity contribution in [2.24, 2.45) is 5.73 Å². The smallest absolute Gasteiger partial charge is 0.230 e. The van der Waals surface area contributed by atoms with E-state index < -0.39 is 0 Å². The van der Waals surface area contributed by atoms with Crippen molar-refractivity contribution >= 4 is 33.6 Å². The maximum absolute atomic E-state index is 11.5. The topological polar surface area (TPSA) is 55.1 Å². The molecule has 18 heavy (non-hydrogen) atoms. The Morgan fingerprint density at radius 1 is 1.56 bits per heavy atom. The molecule has 1 amide bonds. The molecule has 2 unspecified atom stereocenters. The number of hydrogen-bond acceptors (Lipinski definition) is 3. The first-order chi connectivity index (χ1) is 8.54. The molecule has 0 radical (unpaired) electrons. The Bertz CT molecular complexity index is 398. The molecule has 5 heteroatoms. The molecule has 0 heterocycles. The molecule has 1 aromatic carbocycles. The third-order valence-electron chi connectivity index (χ3n) is 2.42. The number of rotatable bonds is 6. The highest BCUT2D eigenvalue weighted by Crippen LogP contribution is 2.32. The molecule has 0 aliphatic rings. The van der Waals surface area contributed by atoms with Crippen LogP contribution < -0.4 is 11.1 Å². The summed E-state index contributed by atoms with van der Waals surface area (Å²) in [5.74, 6) is 0.496. The van der Waals surface area contributed by atoms with Crippen LogP contribution in [-0.2, 0) is 4.79 Å². The minimum absolute atomic E-state index is 0.00118. The Morgan fingerprint density at radius 3 is 2.83 bits per heavy atom. The number of nitrogens with one attached hydrogen (secondary N) is 1. The highest BCUT2D eigenvalue weighted by atomic mass is 79.9. The molecule has 1 aromatic rings. The van der Waals surface area contributed by atoms with Crippen LogP contribution in [-0.4, -0.2) is 24.2 Å². The van der Waals surface area contributed by atoms with Crippen molar-refractivity contribution < 1.29 is 4.79 Å². The minimum atomic E-state index is -0.00118. The number of nitrogens with two attached hydrogens (primary N) is 1. The average molecular weight is 331 g/mol. The lowest BCUT2D eigenvalue weighted by molar-refractivity contribution is -0.118. The minimum Gasteiger partial charge on any atom is -0.356 e. The number of thioether (sulfide) groups is 1. The van der Waals surface area contributed by atoms with Gasteiger partial charge in [-0.05, 0) is 31.5 Å². The molecular formula is C13H19BrN2OS. The van der Waals surface area contributed by atoms with Crippen LogP contribution in [0.25, 0.3) is 0 Å². The van der Waals surface area contributed by atoms with Gasteiger partial charge in [0.2, 0.25) is 5.91 Å². The maximum Gasteiger partial charge on any atom is 0.230 e. The average Bonchev–Trinajstić information content (AvgIpc) is 2.29. The fourth-order valence-electron chi connectivity index (χ4n) is 1.65. The Balaban J connectivity index is 2.69. The van der Waals surface area contributed by atoms with Gasteiger partial charge in [-0.15, -0.1) is 11.8 Å². The van der Waals surface area contributed by atoms with Crippen LogP contribution >= 0.6 is 27.7 Å². The molecule has 100 valence electrons. The van der Waals surface area contributed by atoms with E-state index in [-0.39, 0.29) is 17.2 Å². The van der Waals surface area contributed by atoms with Gasteiger partial charge < -0.3 is 11.1 Å². The summed E-state index contributed by atoms with van der Waals surface area (Å²) in [4.78, 5) is 11.5. The monoisotopic (exact) mass is 330 g/mol. The molecule has 0 saturated heterocycles. The molecule has 2 atom stereocenters. The number of hydrogen-bond donors (Lipinski definition) is 2.